The van der Waals surface area contributed by atoms with Crippen molar-refractivity contribution in [2.24, 2.45) is 5.92 Å². The van der Waals surface area contributed by atoms with Crippen LogP contribution in [0.3, 0.4) is 0 Å². The van der Waals surface area contributed by atoms with Gasteiger partial charge in [0.2, 0.25) is 0 Å². The van der Waals surface area contributed by atoms with Gasteiger partial charge in [-0.2, -0.15) is 11.8 Å². The molecule has 2 aliphatic rings. The summed E-state index contributed by atoms with van der Waals surface area (Å²) in [6.07, 6.45) is 8.64. The molecule has 2 atom stereocenters. The van der Waals surface area contributed by atoms with Crippen molar-refractivity contribution < 1.29 is 0 Å². The van der Waals surface area contributed by atoms with Crippen molar-refractivity contribution in [3.63, 3.8) is 0 Å². The number of nitrogens with one attached hydrogen (secondary N) is 1. The van der Waals surface area contributed by atoms with Gasteiger partial charge < -0.3 is 5.32 Å². The molecule has 0 aromatic carbocycles. The van der Waals surface area contributed by atoms with Crippen LogP contribution in [0.25, 0.3) is 0 Å². The van der Waals surface area contributed by atoms with Crippen molar-refractivity contribution in [3.8, 4) is 0 Å². The Bertz CT molecular complexity index is 429. The van der Waals surface area contributed by atoms with Gasteiger partial charge in [0, 0.05) is 23.9 Å². The summed E-state index contributed by atoms with van der Waals surface area (Å²) < 4.78 is 0. The van der Waals surface area contributed by atoms with E-state index in [1.165, 1.54) is 54.9 Å². The molecule has 2 nitrogen and oxygen atoms in total. The summed E-state index contributed by atoms with van der Waals surface area (Å²) in [5.41, 5.74) is 2.86. The molecule has 20 heavy (non-hydrogen) atoms. The maximum atomic E-state index is 4.69. The van der Waals surface area contributed by atoms with E-state index in [-0.39, 0.29) is 0 Å². The van der Waals surface area contributed by atoms with Crippen LogP contribution in [0.2, 0.25) is 0 Å². The van der Waals surface area contributed by atoms with Crippen molar-refractivity contribution in [1.82, 2.24) is 10.3 Å². The molecular weight excluding hydrogens is 264 g/mol. The van der Waals surface area contributed by atoms with Crippen LogP contribution in [-0.4, -0.2) is 29.1 Å². The summed E-state index contributed by atoms with van der Waals surface area (Å²) in [4.78, 5) is 4.69. The van der Waals surface area contributed by atoms with E-state index < -0.39 is 0 Å². The Morgan fingerprint density at radius 2 is 2.20 bits per heavy atom. The molecule has 1 aromatic heterocycles. The van der Waals surface area contributed by atoms with E-state index in [0.717, 1.165) is 12.5 Å². The summed E-state index contributed by atoms with van der Waals surface area (Å²) in [6.45, 7) is 3.31. The summed E-state index contributed by atoms with van der Waals surface area (Å²) in [5.74, 6) is 4.29. The van der Waals surface area contributed by atoms with Gasteiger partial charge >= 0.3 is 0 Å². The molecule has 1 aliphatic carbocycles. The van der Waals surface area contributed by atoms with Crippen LogP contribution < -0.4 is 5.32 Å². The minimum absolute atomic E-state index is 0.629. The first-order valence-corrected chi connectivity index (χ1v) is 9.29. The van der Waals surface area contributed by atoms with E-state index in [1.807, 2.05) is 6.20 Å². The van der Waals surface area contributed by atoms with Gasteiger partial charge in [0.15, 0.2) is 0 Å². The lowest BCUT2D eigenvalue weighted by Gasteiger charge is -2.30. The second-order valence-electron chi connectivity index (χ2n) is 6.15. The highest BCUT2D eigenvalue weighted by Crippen LogP contribution is 2.37. The maximum absolute atomic E-state index is 4.69. The molecule has 0 bridgehead atoms. The van der Waals surface area contributed by atoms with Crippen molar-refractivity contribution in [1.29, 1.82) is 0 Å². The van der Waals surface area contributed by atoms with Crippen LogP contribution in [0.4, 0.5) is 0 Å². The highest BCUT2D eigenvalue weighted by Gasteiger charge is 2.32. The predicted octanol–water partition coefficient (Wildman–Crippen LogP) is 3.62. The highest BCUT2D eigenvalue weighted by atomic mass is 32.2. The van der Waals surface area contributed by atoms with Gasteiger partial charge in [-0.1, -0.05) is 13.0 Å². The summed E-state index contributed by atoms with van der Waals surface area (Å²) in [5, 5.41) is 3.77. The largest absolute Gasteiger partial charge is 0.314 e. The second-order valence-corrected chi connectivity index (χ2v) is 7.37. The van der Waals surface area contributed by atoms with Gasteiger partial charge in [-0.15, -0.1) is 0 Å². The minimum atomic E-state index is 0.629. The van der Waals surface area contributed by atoms with Crippen molar-refractivity contribution in [3.05, 3.63) is 29.6 Å². The summed E-state index contributed by atoms with van der Waals surface area (Å²) in [7, 11) is 0. The molecule has 3 rings (SSSR count). The van der Waals surface area contributed by atoms with Crippen LogP contribution in [0.5, 0.6) is 0 Å². The van der Waals surface area contributed by atoms with Crippen LogP contribution >= 0.6 is 11.8 Å². The number of nitrogens with zero attached hydrogens (tertiary/aromatic N) is 1. The molecule has 110 valence electrons. The number of rotatable bonds is 5. The van der Waals surface area contributed by atoms with Gasteiger partial charge in [-0.05, 0) is 67.7 Å². The zero-order valence-corrected chi connectivity index (χ0v) is 13.3. The first-order valence-electron chi connectivity index (χ1n) is 8.13. The van der Waals surface area contributed by atoms with Gasteiger partial charge in [0.05, 0.1) is 0 Å². The third-order valence-electron chi connectivity index (χ3n) is 4.88. The lowest BCUT2D eigenvalue weighted by Crippen LogP contribution is -2.36. The topological polar surface area (TPSA) is 24.9 Å². The molecule has 1 fully saturated rings. The van der Waals surface area contributed by atoms with Crippen LogP contribution in [0.15, 0.2) is 18.3 Å². The number of aryl methyl sites for hydroxylation is 1. The molecule has 2 heterocycles. The van der Waals surface area contributed by atoms with E-state index >= 15 is 0 Å². The molecule has 1 N–H and O–H groups in total. The fourth-order valence-corrected chi connectivity index (χ4v) is 5.03. The molecule has 0 radical (unpaired) electrons. The van der Waals surface area contributed by atoms with E-state index in [1.54, 1.807) is 0 Å². The van der Waals surface area contributed by atoms with Crippen LogP contribution in [0, 0.1) is 5.92 Å². The zero-order chi connectivity index (χ0) is 13.8. The Balaban J connectivity index is 1.70. The zero-order valence-electron chi connectivity index (χ0n) is 12.5. The molecule has 1 aromatic rings. The first kappa shape index (κ1) is 14.4. The van der Waals surface area contributed by atoms with Crippen LogP contribution in [0.1, 0.15) is 49.8 Å². The third-order valence-corrected chi connectivity index (χ3v) is 5.93. The van der Waals surface area contributed by atoms with Crippen molar-refractivity contribution in [2.45, 2.75) is 51.0 Å². The third kappa shape index (κ3) is 3.20. The summed E-state index contributed by atoms with van der Waals surface area (Å²) in [6, 6.07) is 4.98. The van der Waals surface area contributed by atoms with Crippen molar-refractivity contribution in [2.75, 3.05) is 18.1 Å². The smallest absolute Gasteiger partial charge is 0.0482 e. The Hall–Kier alpha value is -0.540. The van der Waals surface area contributed by atoms with Crippen LogP contribution in [-0.2, 0) is 6.42 Å². The number of hydrogen-bond acceptors (Lipinski definition) is 3. The van der Waals surface area contributed by atoms with Crippen molar-refractivity contribution >= 4 is 11.8 Å². The van der Waals surface area contributed by atoms with Gasteiger partial charge in [0.25, 0.3) is 0 Å². The molecule has 1 aliphatic heterocycles. The quantitative estimate of drug-likeness (QED) is 0.896. The van der Waals surface area contributed by atoms with Gasteiger partial charge in [-0.25, -0.2) is 0 Å². The Morgan fingerprint density at radius 3 is 3.00 bits per heavy atom. The van der Waals surface area contributed by atoms with E-state index in [4.69, 9.17) is 4.98 Å². The molecule has 2 unspecified atom stereocenters. The molecule has 1 saturated heterocycles. The molecular formula is C17H26N2S. The average molecular weight is 290 g/mol. The second kappa shape index (κ2) is 6.95. The standard InChI is InChI=1S/C17H26N2S/c1-2-18-16(12-13-7-10-20-11-8-13)15-6-5-14-4-3-9-19-17(14)15/h3-4,9,13,15-16,18H,2,5-8,10-12H2,1H3. The average Bonchev–Trinajstić information content (AvgIpc) is 2.92. The van der Waals surface area contributed by atoms with E-state index in [2.05, 4.69) is 36.1 Å². The number of hydrogen-bond donors (Lipinski definition) is 1. The van der Waals surface area contributed by atoms with E-state index in [9.17, 15) is 0 Å². The fourth-order valence-electron chi connectivity index (χ4n) is 3.83. The fraction of sp³-hybridized carbons (Fsp3) is 0.706. The van der Waals surface area contributed by atoms with Gasteiger partial charge in [-0.3, -0.25) is 4.98 Å². The maximum Gasteiger partial charge on any atom is 0.0482 e. The normalized spacial score (nSPS) is 24.6. The number of pyridine rings is 1. The SMILES string of the molecule is CCNC(CC1CCSCC1)C1CCc2cccnc21. The molecule has 3 heteroatoms. The monoisotopic (exact) mass is 290 g/mol. The number of likely N-dealkylation sites (N-methyl/N-ethyl adjacent to an activating group) is 1. The molecule has 0 spiro atoms. The Labute approximate surface area is 127 Å². The number of aromatic nitrogens is 1. The Morgan fingerprint density at radius 1 is 1.35 bits per heavy atom. The lowest BCUT2D eigenvalue weighted by molar-refractivity contribution is 0.327. The predicted molar refractivity (Wildman–Crippen MR) is 87.4 cm³/mol. The highest BCUT2D eigenvalue weighted by molar-refractivity contribution is 7.99. The molecule has 0 amide bonds. The first-order chi connectivity index (χ1) is 9.88. The number of thioether (sulfide) groups is 1. The lowest BCUT2D eigenvalue weighted by atomic mass is 9.86. The minimum Gasteiger partial charge on any atom is -0.314 e. The van der Waals surface area contributed by atoms with Gasteiger partial charge in [0.1, 0.15) is 0 Å². The summed E-state index contributed by atoms with van der Waals surface area (Å²) >= 11 is 2.13. The van der Waals surface area contributed by atoms with E-state index in [0.29, 0.717) is 12.0 Å². The molecule has 0 saturated carbocycles. The Kier molecular flexibility index (Phi) is 5.00. The number of fused-ring (bicyclic) bond motifs is 1.